The SMILES string of the molecule is COc1ccc(NC(=O)C(C)N2CCN(Cc3ccco3)CC2)cc1OC. The third kappa shape index (κ3) is 4.81. The largest absolute Gasteiger partial charge is 0.493 e. The summed E-state index contributed by atoms with van der Waals surface area (Å²) in [7, 11) is 3.16. The molecule has 7 nitrogen and oxygen atoms in total. The molecule has 0 radical (unpaired) electrons. The van der Waals surface area contributed by atoms with Gasteiger partial charge in [0.05, 0.1) is 33.1 Å². The molecular weight excluding hydrogens is 346 g/mol. The predicted molar refractivity (Wildman–Crippen MR) is 103 cm³/mol. The summed E-state index contributed by atoms with van der Waals surface area (Å²) in [6.07, 6.45) is 1.70. The Morgan fingerprint density at radius 2 is 1.89 bits per heavy atom. The average Bonchev–Trinajstić information content (AvgIpc) is 3.21. The monoisotopic (exact) mass is 373 g/mol. The topological polar surface area (TPSA) is 67.2 Å². The first-order valence-corrected chi connectivity index (χ1v) is 9.12. The summed E-state index contributed by atoms with van der Waals surface area (Å²) in [4.78, 5) is 17.2. The third-order valence-electron chi connectivity index (χ3n) is 4.94. The van der Waals surface area contributed by atoms with Crippen molar-refractivity contribution >= 4 is 11.6 Å². The number of hydrogen-bond donors (Lipinski definition) is 1. The number of methoxy groups -OCH3 is 2. The number of piperazine rings is 1. The van der Waals surface area contributed by atoms with Crippen LogP contribution in [0.1, 0.15) is 12.7 Å². The van der Waals surface area contributed by atoms with E-state index in [1.54, 1.807) is 32.6 Å². The first-order valence-electron chi connectivity index (χ1n) is 9.12. The van der Waals surface area contributed by atoms with Crippen molar-refractivity contribution < 1.29 is 18.7 Å². The van der Waals surface area contributed by atoms with Crippen molar-refractivity contribution in [2.24, 2.45) is 0 Å². The highest BCUT2D eigenvalue weighted by atomic mass is 16.5. The summed E-state index contributed by atoms with van der Waals surface area (Å²) in [6.45, 7) is 6.27. The molecule has 1 N–H and O–H groups in total. The first kappa shape index (κ1) is 19.3. The van der Waals surface area contributed by atoms with Crippen molar-refractivity contribution in [3.63, 3.8) is 0 Å². The van der Waals surface area contributed by atoms with E-state index < -0.39 is 0 Å². The normalized spacial score (nSPS) is 16.7. The maximum Gasteiger partial charge on any atom is 0.241 e. The van der Waals surface area contributed by atoms with E-state index >= 15 is 0 Å². The van der Waals surface area contributed by atoms with Crippen LogP contribution < -0.4 is 14.8 Å². The number of nitrogens with zero attached hydrogens (tertiary/aromatic N) is 2. The number of amides is 1. The van der Waals surface area contributed by atoms with Crippen LogP contribution in [-0.2, 0) is 11.3 Å². The minimum Gasteiger partial charge on any atom is -0.493 e. The molecule has 0 spiro atoms. The quantitative estimate of drug-likeness (QED) is 0.804. The molecule has 0 bridgehead atoms. The van der Waals surface area contributed by atoms with E-state index in [1.165, 1.54) is 0 Å². The molecule has 7 heteroatoms. The lowest BCUT2D eigenvalue weighted by molar-refractivity contribution is -0.121. The molecule has 1 amide bonds. The lowest BCUT2D eigenvalue weighted by atomic mass is 10.2. The molecule has 1 aromatic carbocycles. The standard InChI is InChI=1S/C20H27N3O4/c1-15(20(24)21-16-6-7-18(25-2)19(13-16)26-3)23-10-8-22(9-11-23)14-17-5-4-12-27-17/h4-7,12-13,15H,8-11,14H2,1-3H3,(H,21,24). The van der Waals surface area contributed by atoms with E-state index in [1.807, 2.05) is 25.1 Å². The van der Waals surface area contributed by atoms with Crippen LogP contribution in [0, 0.1) is 0 Å². The molecule has 1 saturated heterocycles. The van der Waals surface area contributed by atoms with Gasteiger partial charge in [-0.2, -0.15) is 0 Å². The van der Waals surface area contributed by atoms with Gasteiger partial charge in [0.15, 0.2) is 11.5 Å². The van der Waals surface area contributed by atoms with Crippen molar-refractivity contribution in [3.8, 4) is 11.5 Å². The lowest BCUT2D eigenvalue weighted by Crippen LogP contribution is -2.52. The molecule has 0 aliphatic carbocycles. The summed E-state index contributed by atoms with van der Waals surface area (Å²) in [5, 5.41) is 2.97. The predicted octanol–water partition coefficient (Wildman–Crippen LogP) is 2.44. The van der Waals surface area contributed by atoms with Crippen LogP contribution in [0.2, 0.25) is 0 Å². The fourth-order valence-electron chi connectivity index (χ4n) is 3.26. The van der Waals surface area contributed by atoms with Crippen LogP contribution in [-0.4, -0.2) is 62.1 Å². The van der Waals surface area contributed by atoms with Crippen LogP contribution in [0.3, 0.4) is 0 Å². The van der Waals surface area contributed by atoms with Gasteiger partial charge in [-0.3, -0.25) is 14.6 Å². The molecule has 2 aromatic rings. The minimum atomic E-state index is -0.205. The second-order valence-corrected chi connectivity index (χ2v) is 6.63. The fraction of sp³-hybridized carbons (Fsp3) is 0.450. The third-order valence-corrected chi connectivity index (χ3v) is 4.94. The van der Waals surface area contributed by atoms with Gasteiger partial charge in [0, 0.05) is 37.9 Å². The smallest absolute Gasteiger partial charge is 0.241 e. The Morgan fingerprint density at radius 1 is 1.15 bits per heavy atom. The highest BCUT2D eigenvalue weighted by Gasteiger charge is 2.26. The number of anilines is 1. The number of nitrogens with one attached hydrogen (secondary N) is 1. The molecule has 3 rings (SSSR count). The summed E-state index contributed by atoms with van der Waals surface area (Å²) < 4.78 is 15.9. The molecule has 27 heavy (non-hydrogen) atoms. The van der Waals surface area contributed by atoms with E-state index in [0.29, 0.717) is 17.2 Å². The molecule has 1 atom stereocenters. The highest BCUT2D eigenvalue weighted by molar-refractivity contribution is 5.94. The maximum atomic E-state index is 12.7. The van der Waals surface area contributed by atoms with Crippen molar-refractivity contribution in [1.82, 2.24) is 9.80 Å². The number of furan rings is 1. The van der Waals surface area contributed by atoms with Crippen molar-refractivity contribution in [2.45, 2.75) is 19.5 Å². The Hall–Kier alpha value is -2.51. The lowest BCUT2D eigenvalue weighted by Gasteiger charge is -2.37. The van der Waals surface area contributed by atoms with Gasteiger partial charge in [0.25, 0.3) is 0 Å². The summed E-state index contributed by atoms with van der Waals surface area (Å²) >= 11 is 0. The van der Waals surface area contributed by atoms with Crippen LogP contribution in [0.5, 0.6) is 11.5 Å². The number of ether oxygens (including phenoxy) is 2. The van der Waals surface area contributed by atoms with Crippen LogP contribution >= 0.6 is 0 Å². The first-order chi connectivity index (χ1) is 13.1. The van der Waals surface area contributed by atoms with Crippen LogP contribution in [0.25, 0.3) is 0 Å². The highest BCUT2D eigenvalue weighted by Crippen LogP contribution is 2.29. The zero-order chi connectivity index (χ0) is 19.2. The van der Waals surface area contributed by atoms with Gasteiger partial charge in [-0.15, -0.1) is 0 Å². The van der Waals surface area contributed by atoms with E-state index in [-0.39, 0.29) is 11.9 Å². The zero-order valence-corrected chi connectivity index (χ0v) is 16.1. The Labute approximate surface area is 159 Å². The molecule has 0 saturated carbocycles. The van der Waals surface area contributed by atoms with E-state index in [0.717, 1.165) is 38.5 Å². The second kappa shape index (κ2) is 8.92. The Morgan fingerprint density at radius 3 is 2.52 bits per heavy atom. The molecule has 1 fully saturated rings. The molecular formula is C20H27N3O4. The molecule has 1 aliphatic rings. The summed E-state index contributed by atoms with van der Waals surface area (Å²) in [5.74, 6) is 2.18. The Bertz CT molecular complexity index is 740. The summed E-state index contributed by atoms with van der Waals surface area (Å²) in [6, 6.07) is 9.06. The average molecular weight is 373 g/mol. The van der Waals surface area contributed by atoms with Crippen molar-refractivity contribution in [1.29, 1.82) is 0 Å². The number of rotatable bonds is 7. The van der Waals surface area contributed by atoms with Gasteiger partial charge in [0.2, 0.25) is 5.91 Å². The van der Waals surface area contributed by atoms with E-state index in [4.69, 9.17) is 13.9 Å². The minimum absolute atomic E-state index is 0.0262. The van der Waals surface area contributed by atoms with Crippen molar-refractivity contribution in [3.05, 3.63) is 42.4 Å². The second-order valence-electron chi connectivity index (χ2n) is 6.63. The van der Waals surface area contributed by atoms with Gasteiger partial charge in [0.1, 0.15) is 5.76 Å². The van der Waals surface area contributed by atoms with E-state index in [2.05, 4.69) is 15.1 Å². The zero-order valence-electron chi connectivity index (χ0n) is 16.1. The van der Waals surface area contributed by atoms with Gasteiger partial charge in [-0.25, -0.2) is 0 Å². The van der Waals surface area contributed by atoms with Gasteiger partial charge >= 0.3 is 0 Å². The number of benzene rings is 1. The molecule has 1 aromatic heterocycles. The van der Waals surface area contributed by atoms with Gasteiger partial charge in [-0.1, -0.05) is 0 Å². The van der Waals surface area contributed by atoms with Crippen LogP contribution in [0.15, 0.2) is 41.0 Å². The number of carbonyl (C=O) groups excluding carboxylic acids is 1. The molecule has 2 heterocycles. The van der Waals surface area contributed by atoms with Gasteiger partial charge in [-0.05, 0) is 31.2 Å². The molecule has 146 valence electrons. The molecule has 1 unspecified atom stereocenters. The number of hydrogen-bond acceptors (Lipinski definition) is 6. The van der Waals surface area contributed by atoms with Crippen LogP contribution in [0.4, 0.5) is 5.69 Å². The Kier molecular flexibility index (Phi) is 6.36. The fourth-order valence-corrected chi connectivity index (χ4v) is 3.26. The van der Waals surface area contributed by atoms with Gasteiger partial charge < -0.3 is 19.2 Å². The molecule has 1 aliphatic heterocycles. The Balaban J connectivity index is 1.52. The number of carbonyl (C=O) groups is 1. The maximum absolute atomic E-state index is 12.7. The van der Waals surface area contributed by atoms with E-state index in [9.17, 15) is 4.79 Å². The van der Waals surface area contributed by atoms with Crippen molar-refractivity contribution in [2.75, 3.05) is 45.7 Å². The summed E-state index contributed by atoms with van der Waals surface area (Å²) in [5.41, 5.74) is 0.695.